The Balaban J connectivity index is 1.52. The molecule has 2 heterocycles. The third-order valence-electron chi connectivity index (χ3n) is 5.50. The summed E-state index contributed by atoms with van der Waals surface area (Å²) in [4.78, 5) is 20.4. The molecule has 1 saturated heterocycles. The van der Waals surface area contributed by atoms with E-state index in [1.807, 2.05) is 7.05 Å². The van der Waals surface area contributed by atoms with Crippen molar-refractivity contribution in [3.63, 3.8) is 0 Å². The third kappa shape index (κ3) is 4.29. The van der Waals surface area contributed by atoms with E-state index in [1.165, 1.54) is 11.3 Å². The van der Waals surface area contributed by atoms with Gasteiger partial charge in [0, 0.05) is 51.4 Å². The number of benzene rings is 1. The SMILES string of the molecule is CN=C(NCCN1c2ccccc2CC1C)N1CCCC(CC(N)=O)C1. The van der Waals surface area contributed by atoms with Gasteiger partial charge in [-0.05, 0) is 43.7 Å². The Kier molecular flexibility index (Phi) is 6.01. The van der Waals surface area contributed by atoms with Crippen LogP contribution in [0.4, 0.5) is 5.69 Å². The number of guanidine groups is 1. The van der Waals surface area contributed by atoms with E-state index < -0.39 is 0 Å². The minimum Gasteiger partial charge on any atom is -0.370 e. The van der Waals surface area contributed by atoms with Gasteiger partial charge < -0.3 is 20.9 Å². The zero-order valence-corrected chi connectivity index (χ0v) is 15.9. The van der Waals surface area contributed by atoms with Crippen LogP contribution in [0.2, 0.25) is 0 Å². The van der Waals surface area contributed by atoms with Gasteiger partial charge in [-0.25, -0.2) is 0 Å². The van der Waals surface area contributed by atoms with Gasteiger partial charge in [0.15, 0.2) is 5.96 Å². The molecule has 6 nitrogen and oxygen atoms in total. The molecule has 3 rings (SSSR count). The molecule has 1 amide bonds. The summed E-state index contributed by atoms with van der Waals surface area (Å²) in [6.07, 6.45) is 3.73. The minimum absolute atomic E-state index is 0.207. The monoisotopic (exact) mass is 357 g/mol. The Labute approximate surface area is 156 Å². The fourth-order valence-corrected chi connectivity index (χ4v) is 4.30. The van der Waals surface area contributed by atoms with Crippen LogP contribution in [-0.4, -0.2) is 56.0 Å². The van der Waals surface area contributed by atoms with Crippen LogP contribution < -0.4 is 16.0 Å². The van der Waals surface area contributed by atoms with E-state index >= 15 is 0 Å². The van der Waals surface area contributed by atoms with Crippen molar-refractivity contribution < 1.29 is 4.79 Å². The molecular formula is C20H31N5O. The lowest BCUT2D eigenvalue weighted by Crippen LogP contribution is -2.49. The van der Waals surface area contributed by atoms with Gasteiger partial charge in [0.1, 0.15) is 0 Å². The van der Waals surface area contributed by atoms with Gasteiger partial charge in [0.2, 0.25) is 5.91 Å². The molecule has 1 aromatic carbocycles. The van der Waals surface area contributed by atoms with E-state index in [0.29, 0.717) is 18.4 Å². The molecule has 0 radical (unpaired) electrons. The Bertz CT molecular complexity index is 659. The highest BCUT2D eigenvalue weighted by Gasteiger charge is 2.26. The molecule has 1 aromatic rings. The van der Waals surface area contributed by atoms with Gasteiger partial charge in [-0.15, -0.1) is 0 Å². The van der Waals surface area contributed by atoms with Crippen molar-refractivity contribution in [1.82, 2.24) is 10.2 Å². The lowest BCUT2D eigenvalue weighted by Gasteiger charge is -2.35. The highest BCUT2D eigenvalue weighted by atomic mass is 16.1. The minimum atomic E-state index is -0.207. The number of fused-ring (bicyclic) bond motifs is 1. The fourth-order valence-electron chi connectivity index (χ4n) is 4.30. The van der Waals surface area contributed by atoms with Crippen molar-refractivity contribution in [1.29, 1.82) is 0 Å². The summed E-state index contributed by atoms with van der Waals surface area (Å²) in [5.41, 5.74) is 8.17. The highest BCUT2D eigenvalue weighted by molar-refractivity contribution is 5.80. The van der Waals surface area contributed by atoms with Crippen LogP contribution in [-0.2, 0) is 11.2 Å². The molecule has 26 heavy (non-hydrogen) atoms. The lowest BCUT2D eigenvalue weighted by molar-refractivity contribution is -0.119. The number of carbonyl (C=O) groups excluding carboxylic acids is 1. The second-order valence-electron chi connectivity index (χ2n) is 7.47. The van der Waals surface area contributed by atoms with E-state index in [0.717, 1.165) is 51.4 Å². The number of piperidine rings is 1. The molecule has 2 aliphatic heterocycles. The van der Waals surface area contributed by atoms with Crippen molar-refractivity contribution in [3.05, 3.63) is 29.8 Å². The molecule has 2 atom stereocenters. The van der Waals surface area contributed by atoms with Crippen LogP contribution >= 0.6 is 0 Å². The summed E-state index contributed by atoms with van der Waals surface area (Å²) in [5, 5.41) is 3.51. The van der Waals surface area contributed by atoms with Crippen molar-refractivity contribution in [2.75, 3.05) is 38.1 Å². The number of likely N-dealkylation sites (tertiary alicyclic amines) is 1. The second kappa shape index (κ2) is 8.43. The third-order valence-corrected chi connectivity index (χ3v) is 5.50. The number of rotatable bonds is 5. The van der Waals surface area contributed by atoms with E-state index in [-0.39, 0.29) is 5.91 Å². The van der Waals surface area contributed by atoms with E-state index in [9.17, 15) is 4.79 Å². The van der Waals surface area contributed by atoms with E-state index in [4.69, 9.17) is 5.73 Å². The number of nitrogens with one attached hydrogen (secondary N) is 1. The number of para-hydroxylation sites is 1. The predicted octanol–water partition coefficient (Wildman–Crippen LogP) is 1.60. The van der Waals surface area contributed by atoms with Crippen molar-refractivity contribution in [3.8, 4) is 0 Å². The number of nitrogens with zero attached hydrogens (tertiary/aromatic N) is 3. The Hall–Kier alpha value is -2.24. The molecule has 6 heteroatoms. The van der Waals surface area contributed by atoms with Gasteiger partial charge in [0.05, 0.1) is 0 Å². The quantitative estimate of drug-likeness (QED) is 0.620. The summed E-state index contributed by atoms with van der Waals surface area (Å²) in [6, 6.07) is 9.21. The summed E-state index contributed by atoms with van der Waals surface area (Å²) in [6.45, 7) is 5.93. The Morgan fingerprint density at radius 3 is 2.96 bits per heavy atom. The number of primary amides is 1. The summed E-state index contributed by atoms with van der Waals surface area (Å²) in [5.74, 6) is 1.06. The van der Waals surface area contributed by atoms with E-state index in [1.54, 1.807) is 0 Å². The average molecular weight is 358 g/mol. The molecule has 0 spiro atoms. The first-order valence-corrected chi connectivity index (χ1v) is 9.67. The lowest BCUT2D eigenvalue weighted by atomic mass is 9.95. The zero-order valence-electron chi connectivity index (χ0n) is 15.9. The highest BCUT2D eigenvalue weighted by Crippen LogP contribution is 2.31. The van der Waals surface area contributed by atoms with Crippen LogP contribution in [0.5, 0.6) is 0 Å². The zero-order chi connectivity index (χ0) is 18.5. The van der Waals surface area contributed by atoms with Crippen molar-refractivity contribution >= 4 is 17.6 Å². The molecule has 0 aromatic heterocycles. The number of amides is 1. The molecule has 2 aliphatic rings. The Morgan fingerprint density at radius 1 is 1.38 bits per heavy atom. The van der Waals surface area contributed by atoms with Crippen LogP contribution in [0.25, 0.3) is 0 Å². The number of hydrogen-bond acceptors (Lipinski definition) is 3. The van der Waals surface area contributed by atoms with Gasteiger partial charge in [-0.2, -0.15) is 0 Å². The largest absolute Gasteiger partial charge is 0.370 e. The number of hydrogen-bond donors (Lipinski definition) is 2. The van der Waals surface area contributed by atoms with Crippen LogP contribution in [0.15, 0.2) is 29.3 Å². The standard InChI is InChI=1S/C20H31N5O/c1-15-12-17-7-3-4-8-18(17)25(15)11-9-23-20(22-2)24-10-5-6-16(14-24)13-19(21)26/h3-4,7-8,15-16H,5-6,9-14H2,1-2H3,(H2,21,26)(H,22,23). The number of aliphatic imine (C=N–C) groups is 1. The summed E-state index contributed by atoms with van der Waals surface area (Å²) >= 11 is 0. The molecule has 3 N–H and O–H groups in total. The number of carbonyl (C=O) groups is 1. The molecule has 142 valence electrons. The van der Waals surface area contributed by atoms with Gasteiger partial charge in [-0.1, -0.05) is 18.2 Å². The number of nitrogens with two attached hydrogens (primary N) is 1. The van der Waals surface area contributed by atoms with Gasteiger partial charge in [-0.3, -0.25) is 9.79 Å². The molecule has 2 unspecified atom stereocenters. The predicted molar refractivity (Wildman–Crippen MR) is 106 cm³/mol. The Morgan fingerprint density at radius 2 is 2.19 bits per heavy atom. The maximum absolute atomic E-state index is 11.2. The molecule has 0 aliphatic carbocycles. The normalized spacial score (nSPS) is 23.1. The first-order chi connectivity index (χ1) is 12.6. The van der Waals surface area contributed by atoms with Crippen molar-refractivity contribution in [2.45, 2.75) is 38.6 Å². The molecule has 0 saturated carbocycles. The fraction of sp³-hybridized carbons (Fsp3) is 0.600. The second-order valence-corrected chi connectivity index (χ2v) is 7.47. The maximum atomic E-state index is 11.2. The summed E-state index contributed by atoms with van der Waals surface area (Å²) < 4.78 is 0. The topological polar surface area (TPSA) is 74.0 Å². The summed E-state index contributed by atoms with van der Waals surface area (Å²) in [7, 11) is 1.83. The van der Waals surface area contributed by atoms with Crippen molar-refractivity contribution in [2.24, 2.45) is 16.6 Å². The molecule has 1 fully saturated rings. The molecular weight excluding hydrogens is 326 g/mol. The molecule has 0 bridgehead atoms. The first kappa shape index (κ1) is 18.5. The van der Waals surface area contributed by atoms with Crippen LogP contribution in [0.3, 0.4) is 0 Å². The van der Waals surface area contributed by atoms with Gasteiger partial charge in [0.25, 0.3) is 0 Å². The number of anilines is 1. The van der Waals surface area contributed by atoms with E-state index in [2.05, 4.69) is 51.3 Å². The van der Waals surface area contributed by atoms with Gasteiger partial charge >= 0.3 is 0 Å². The first-order valence-electron chi connectivity index (χ1n) is 9.67. The average Bonchev–Trinajstić information content (AvgIpc) is 2.94. The maximum Gasteiger partial charge on any atom is 0.217 e. The van der Waals surface area contributed by atoms with Crippen LogP contribution in [0, 0.1) is 5.92 Å². The smallest absolute Gasteiger partial charge is 0.217 e. The van der Waals surface area contributed by atoms with Crippen LogP contribution in [0.1, 0.15) is 31.7 Å².